The highest BCUT2D eigenvalue weighted by Crippen LogP contribution is 2.26. The summed E-state index contributed by atoms with van der Waals surface area (Å²) in [6.07, 6.45) is 9.21. The summed E-state index contributed by atoms with van der Waals surface area (Å²) in [5.74, 6) is 0.394. The van der Waals surface area contributed by atoms with Gasteiger partial charge in [0.1, 0.15) is 18.1 Å². The van der Waals surface area contributed by atoms with Gasteiger partial charge in [-0.05, 0) is 25.7 Å². The lowest BCUT2D eigenvalue weighted by Gasteiger charge is -2.29. The SMILES string of the molecule is N#Cc1ncc(O[C@H]2CC[C@H](NC(=O)c3cncnc3)CC2)cc1Cl. The van der Waals surface area contributed by atoms with Crippen LogP contribution >= 0.6 is 11.6 Å². The van der Waals surface area contributed by atoms with Crippen molar-refractivity contribution in [3.8, 4) is 11.8 Å². The van der Waals surface area contributed by atoms with Gasteiger partial charge < -0.3 is 10.1 Å². The van der Waals surface area contributed by atoms with Crippen molar-refractivity contribution in [1.82, 2.24) is 20.3 Å². The molecule has 2 aromatic heterocycles. The summed E-state index contributed by atoms with van der Waals surface area (Å²) in [5, 5.41) is 12.1. The van der Waals surface area contributed by atoms with Crippen LogP contribution in [0.25, 0.3) is 0 Å². The molecule has 3 rings (SSSR count). The lowest BCUT2D eigenvalue weighted by Crippen LogP contribution is -2.39. The van der Waals surface area contributed by atoms with Crippen LogP contribution in [0.3, 0.4) is 0 Å². The third-order valence-electron chi connectivity index (χ3n) is 4.06. The van der Waals surface area contributed by atoms with Crippen LogP contribution in [-0.4, -0.2) is 33.0 Å². The summed E-state index contributed by atoms with van der Waals surface area (Å²) in [6.45, 7) is 0. The first-order chi connectivity index (χ1) is 12.2. The smallest absolute Gasteiger partial charge is 0.254 e. The fourth-order valence-corrected chi connectivity index (χ4v) is 2.97. The molecule has 0 bridgehead atoms. The van der Waals surface area contributed by atoms with Crippen molar-refractivity contribution in [2.45, 2.75) is 37.8 Å². The summed E-state index contributed by atoms with van der Waals surface area (Å²) in [6, 6.07) is 3.63. The Labute approximate surface area is 150 Å². The summed E-state index contributed by atoms with van der Waals surface area (Å²) in [5.41, 5.74) is 0.643. The highest BCUT2D eigenvalue weighted by Gasteiger charge is 2.24. The van der Waals surface area contributed by atoms with E-state index in [1.54, 1.807) is 6.07 Å². The average molecular weight is 358 g/mol. The molecule has 1 aliphatic carbocycles. The third-order valence-corrected chi connectivity index (χ3v) is 4.35. The quantitative estimate of drug-likeness (QED) is 0.902. The second-order valence-corrected chi connectivity index (χ2v) is 6.21. The van der Waals surface area contributed by atoms with Crippen LogP contribution in [0.15, 0.2) is 31.0 Å². The van der Waals surface area contributed by atoms with Gasteiger partial charge in [-0.15, -0.1) is 0 Å². The van der Waals surface area contributed by atoms with Gasteiger partial charge in [0.05, 0.1) is 22.9 Å². The summed E-state index contributed by atoms with van der Waals surface area (Å²) >= 11 is 5.96. The van der Waals surface area contributed by atoms with Gasteiger partial charge in [0.25, 0.3) is 5.91 Å². The first-order valence-corrected chi connectivity index (χ1v) is 8.31. The number of carbonyl (C=O) groups excluding carboxylic acids is 1. The average Bonchev–Trinajstić information content (AvgIpc) is 2.64. The number of pyridine rings is 1. The molecule has 0 unspecified atom stereocenters. The molecule has 0 saturated heterocycles. The second kappa shape index (κ2) is 7.90. The third kappa shape index (κ3) is 4.43. The number of nitrogens with zero attached hydrogens (tertiary/aromatic N) is 4. The number of aromatic nitrogens is 3. The van der Waals surface area contributed by atoms with Gasteiger partial charge in [-0.1, -0.05) is 11.6 Å². The number of carbonyl (C=O) groups is 1. The molecule has 1 amide bonds. The van der Waals surface area contributed by atoms with Gasteiger partial charge >= 0.3 is 0 Å². The zero-order chi connectivity index (χ0) is 17.6. The fraction of sp³-hybridized carbons (Fsp3) is 0.353. The Kier molecular flexibility index (Phi) is 5.41. The van der Waals surface area contributed by atoms with Crippen molar-refractivity contribution < 1.29 is 9.53 Å². The number of halogens is 1. The Bertz CT molecular complexity index is 785. The van der Waals surface area contributed by atoms with E-state index in [2.05, 4.69) is 20.3 Å². The van der Waals surface area contributed by atoms with E-state index in [9.17, 15) is 4.79 Å². The van der Waals surface area contributed by atoms with E-state index in [0.29, 0.717) is 11.3 Å². The lowest BCUT2D eigenvalue weighted by atomic mass is 9.92. The van der Waals surface area contributed by atoms with Crippen molar-refractivity contribution in [1.29, 1.82) is 5.26 Å². The molecule has 0 spiro atoms. The molecule has 0 atom stereocenters. The highest BCUT2D eigenvalue weighted by molar-refractivity contribution is 6.31. The zero-order valence-electron chi connectivity index (χ0n) is 13.4. The largest absolute Gasteiger partial charge is 0.489 e. The maximum Gasteiger partial charge on any atom is 0.254 e. The predicted octanol–water partition coefficient (Wildman–Crippen LogP) is 2.52. The Balaban J connectivity index is 1.50. The minimum absolute atomic E-state index is 0.0408. The maximum atomic E-state index is 12.1. The topological polar surface area (TPSA) is 101 Å². The molecule has 1 N–H and O–H groups in total. The van der Waals surface area contributed by atoms with E-state index in [-0.39, 0.29) is 28.8 Å². The van der Waals surface area contributed by atoms with Crippen LogP contribution in [0.5, 0.6) is 5.75 Å². The number of nitriles is 1. The molecule has 0 aliphatic heterocycles. The van der Waals surface area contributed by atoms with E-state index in [1.807, 2.05) is 6.07 Å². The number of rotatable bonds is 4. The summed E-state index contributed by atoms with van der Waals surface area (Å²) in [7, 11) is 0. The van der Waals surface area contributed by atoms with Crippen LogP contribution in [0.2, 0.25) is 5.02 Å². The van der Waals surface area contributed by atoms with Crippen molar-refractivity contribution in [3.63, 3.8) is 0 Å². The van der Waals surface area contributed by atoms with E-state index in [1.165, 1.54) is 24.9 Å². The summed E-state index contributed by atoms with van der Waals surface area (Å²) < 4.78 is 5.88. The molecule has 128 valence electrons. The lowest BCUT2D eigenvalue weighted by molar-refractivity contribution is 0.0893. The number of hydrogen-bond acceptors (Lipinski definition) is 6. The Morgan fingerprint density at radius 2 is 1.96 bits per heavy atom. The van der Waals surface area contributed by atoms with Gasteiger partial charge in [-0.25, -0.2) is 15.0 Å². The molecule has 1 aliphatic rings. The van der Waals surface area contributed by atoms with Gasteiger partial charge in [0.15, 0.2) is 5.69 Å². The molecule has 2 aromatic rings. The molecule has 0 radical (unpaired) electrons. The van der Waals surface area contributed by atoms with Gasteiger partial charge in [-0.3, -0.25) is 4.79 Å². The normalized spacial score (nSPS) is 19.7. The second-order valence-electron chi connectivity index (χ2n) is 5.81. The molecule has 1 saturated carbocycles. The predicted molar refractivity (Wildman–Crippen MR) is 90.1 cm³/mol. The molecule has 8 heteroatoms. The van der Waals surface area contributed by atoms with Crippen molar-refractivity contribution in [2.24, 2.45) is 0 Å². The standard InChI is InChI=1S/C17H16ClN5O2/c18-15-5-14(9-22-16(15)6-19)25-13-3-1-12(2-4-13)23-17(24)11-7-20-10-21-8-11/h5,7-10,12-13H,1-4H2,(H,23,24)/t12-,13-. The van der Waals surface area contributed by atoms with E-state index in [0.717, 1.165) is 25.7 Å². The van der Waals surface area contributed by atoms with Crippen LogP contribution < -0.4 is 10.1 Å². The number of hydrogen-bond donors (Lipinski definition) is 1. The van der Waals surface area contributed by atoms with Crippen LogP contribution in [0.1, 0.15) is 41.7 Å². The molecule has 7 nitrogen and oxygen atoms in total. The number of ether oxygens (including phenoxy) is 1. The van der Waals surface area contributed by atoms with Gasteiger partial charge in [0, 0.05) is 24.5 Å². The van der Waals surface area contributed by atoms with Crippen LogP contribution in [0.4, 0.5) is 0 Å². The number of amides is 1. The Morgan fingerprint density at radius 3 is 2.60 bits per heavy atom. The van der Waals surface area contributed by atoms with E-state index < -0.39 is 0 Å². The van der Waals surface area contributed by atoms with Gasteiger partial charge in [0.2, 0.25) is 0 Å². The van der Waals surface area contributed by atoms with Crippen molar-refractivity contribution >= 4 is 17.5 Å². The fourth-order valence-electron chi connectivity index (χ4n) is 2.77. The molecule has 25 heavy (non-hydrogen) atoms. The maximum absolute atomic E-state index is 12.1. The van der Waals surface area contributed by atoms with E-state index >= 15 is 0 Å². The van der Waals surface area contributed by atoms with Gasteiger partial charge in [-0.2, -0.15) is 5.26 Å². The molecule has 1 fully saturated rings. The molecular weight excluding hydrogens is 342 g/mol. The van der Waals surface area contributed by atoms with Crippen molar-refractivity contribution in [3.05, 3.63) is 47.3 Å². The Morgan fingerprint density at radius 1 is 1.24 bits per heavy atom. The molecule has 2 heterocycles. The first kappa shape index (κ1) is 17.1. The monoisotopic (exact) mass is 357 g/mol. The number of nitrogens with one attached hydrogen (secondary N) is 1. The Hall–Kier alpha value is -2.72. The molecular formula is C17H16ClN5O2. The zero-order valence-corrected chi connectivity index (χ0v) is 14.1. The molecule has 0 aromatic carbocycles. The highest BCUT2D eigenvalue weighted by atomic mass is 35.5. The van der Waals surface area contributed by atoms with E-state index in [4.69, 9.17) is 21.6 Å². The summed E-state index contributed by atoms with van der Waals surface area (Å²) in [4.78, 5) is 23.8. The van der Waals surface area contributed by atoms with Crippen LogP contribution in [-0.2, 0) is 0 Å². The van der Waals surface area contributed by atoms with Crippen molar-refractivity contribution in [2.75, 3.05) is 0 Å². The minimum atomic E-state index is -0.159. The van der Waals surface area contributed by atoms with Crippen LogP contribution in [0, 0.1) is 11.3 Å². The minimum Gasteiger partial charge on any atom is -0.489 e. The first-order valence-electron chi connectivity index (χ1n) is 7.94.